The molecule has 0 radical (unpaired) electrons. The minimum atomic E-state index is 0.690. The number of hydrogen-bond acceptors (Lipinski definition) is 1. The van der Waals surface area contributed by atoms with E-state index in [0.29, 0.717) is 5.84 Å². The molecule has 0 fully saturated rings. The summed E-state index contributed by atoms with van der Waals surface area (Å²) >= 11 is 0. The van der Waals surface area contributed by atoms with Crippen molar-refractivity contribution in [3.05, 3.63) is 0 Å². The molecule has 3 heteroatoms. The van der Waals surface area contributed by atoms with Gasteiger partial charge in [-0.3, -0.25) is 4.99 Å². The van der Waals surface area contributed by atoms with Crippen LogP contribution in [0.4, 0.5) is 0 Å². The molecule has 3 nitrogen and oxygen atoms in total. The monoisotopic (exact) mass is 155 g/mol. The molecule has 64 valence electrons. The zero-order valence-corrected chi connectivity index (χ0v) is 7.59. The quantitative estimate of drug-likeness (QED) is 0.488. The molecule has 0 bridgehead atoms. The molecule has 0 aliphatic carbocycles. The van der Waals surface area contributed by atoms with Gasteiger partial charge in [0.15, 0.2) is 0 Å². The maximum absolute atomic E-state index is 5.61. The second kappa shape index (κ2) is 5.89. The molecule has 2 N–H and O–H groups in total. The number of nitrogens with two attached hydrogens (primary N) is 1. The predicted molar refractivity (Wildman–Crippen MR) is 50.2 cm³/mol. The molecule has 0 rings (SSSR count). The normalized spacial score (nSPS) is 13.7. The molecule has 0 aliphatic heterocycles. The Bertz CT molecular complexity index is 159. The SMILES string of the molecule is CCCCC(N)=NC(C)=NC. The average Bonchev–Trinajstić information content (AvgIpc) is 2.00. The lowest BCUT2D eigenvalue weighted by Crippen LogP contribution is -2.12. The Morgan fingerprint density at radius 3 is 2.55 bits per heavy atom. The van der Waals surface area contributed by atoms with Gasteiger partial charge in [0.1, 0.15) is 11.7 Å². The number of unbranched alkanes of at least 4 members (excludes halogenated alkanes) is 1. The van der Waals surface area contributed by atoms with E-state index in [2.05, 4.69) is 16.9 Å². The van der Waals surface area contributed by atoms with Gasteiger partial charge in [-0.2, -0.15) is 0 Å². The Morgan fingerprint density at radius 1 is 1.45 bits per heavy atom. The molecule has 11 heavy (non-hydrogen) atoms. The van der Waals surface area contributed by atoms with Crippen molar-refractivity contribution in [3.63, 3.8) is 0 Å². The van der Waals surface area contributed by atoms with Crippen molar-refractivity contribution < 1.29 is 0 Å². The average molecular weight is 155 g/mol. The summed E-state index contributed by atoms with van der Waals surface area (Å²) in [6.07, 6.45) is 3.13. The van der Waals surface area contributed by atoms with E-state index < -0.39 is 0 Å². The van der Waals surface area contributed by atoms with Gasteiger partial charge in [-0.05, 0) is 13.3 Å². The van der Waals surface area contributed by atoms with Gasteiger partial charge in [-0.1, -0.05) is 13.3 Å². The summed E-state index contributed by atoms with van der Waals surface area (Å²) in [7, 11) is 1.71. The molecular weight excluding hydrogens is 138 g/mol. The summed E-state index contributed by atoms with van der Waals surface area (Å²) in [6, 6.07) is 0. The molecule has 0 spiro atoms. The lowest BCUT2D eigenvalue weighted by atomic mass is 10.2. The zero-order chi connectivity index (χ0) is 8.69. The Labute approximate surface area is 68.4 Å². The molecule has 0 aromatic heterocycles. The first-order chi connectivity index (χ1) is 5.20. The van der Waals surface area contributed by atoms with Crippen LogP contribution in [0.5, 0.6) is 0 Å². The van der Waals surface area contributed by atoms with Crippen LogP contribution in [0.25, 0.3) is 0 Å². The molecule has 0 saturated heterocycles. The minimum Gasteiger partial charge on any atom is -0.387 e. The third-order valence-corrected chi connectivity index (χ3v) is 1.42. The van der Waals surface area contributed by atoms with Gasteiger partial charge in [0, 0.05) is 13.5 Å². The van der Waals surface area contributed by atoms with E-state index in [4.69, 9.17) is 5.73 Å². The first-order valence-electron chi connectivity index (χ1n) is 3.97. The van der Waals surface area contributed by atoms with E-state index in [1.807, 2.05) is 6.92 Å². The van der Waals surface area contributed by atoms with Crippen molar-refractivity contribution in [1.29, 1.82) is 0 Å². The topological polar surface area (TPSA) is 50.7 Å². The Kier molecular flexibility index (Phi) is 5.43. The van der Waals surface area contributed by atoms with E-state index in [9.17, 15) is 0 Å². The fourth-order valence-electron chi connectivity index (χ4n) is 0.672. The van der Waals surface area contributed by atoms with Crippen LogP contribution in [0.15, 0.2) is 9.98 Å². The molecule has 0 aliphatic rings. The highest BCUT2D eigenvalue weighted by Gasteiger charge is 1.91. The maximum atomic E-state index is 5.61. The van der Waals surface area contributed by atoms with Crippen LogP contribution < -0.4 is 5.73 Å². The fourth-order valence-corrected chi connectivity index (χ4v) is 0.672. The number of nitrogens with zero attached hydrogens (tertiary/aromatic N) is 2. The van der Waals surface area contributed by atoms with Crippen LogP contribution in [-0.2, 0) is 0 Å². The summed E-state index contributed by atoms with van der Waals surface area (Å²) in [6.45, 7) is 3.98. The zero-order valence-electron chi connectivity index (χ0n) is 7.59. The smallest absolute Gasteiger partial charge is 0.121 e. The van der Waals surface area contributed by atoms with Crippen molar-refractivity contribution in [2.24, 2.45) is 15.7 Å². The highest BCUT2D eigenvalue weighted by atomic mass is 14.9. The van der Waals surface area contributed by atoms with Crippen LogP contribution in [0.1, 0.15) is 33.1 Å². The van der Waals surface area contributed by atoms with Crippen LogP contribution in [0, 0.1) is 0 Å². The number of rotatable bonds is 3. The van der Waals surface area contributed by atoms with Crippen molar-refractivity contribution >= 4 is 11.7 Å². The molecule has 0 aromatic rings. The number of aliphatic imine (C=N–C) groups is 2. The van der Waals surface area contributed by atoms with Crippen molar-refractivity contribution in [1.82, 2.24) is 0 Å². The first-order valence-corrected chi connectivity index (χ1v) is 3.97. The molecule has 0 unspecified atom stereocenters. The lowest BCUT2D eigenvalue weighted by molar-refractivity contribution is 0.831. The van der Waals surface area contributed by atoms with Gasteiger partial charge < -0.3 is 5.73 Å². The highest BCUT2D eigenvalue weighted by Crippen LogP contribution is 1.93. The molecular formula is C8H17N3. The summed E-state index contributed by atoms with van der Waals surface area (Å²) in [5.74, 6) is 1.44. The van der Waals surface area contributed by atoms with E-state index in [1.165, 1.54) is 0 Å². The summed E-state index contributed by atoms with van der Waals surface area (Å²) in [5.41, 5.74) is 5.61. The Hall–Kier alpha value is -0.860. The summed E-state index contributed by atoms with van der Waals surface area (Å²) in [5, 5.41) is 0. The minimum absolute atomic E-state index is 0.690. The van der Waals surface area contributed by atoms with E-state index >= 15 is 0 Å². The second-order valence-corrected chi connectivity index (χ2v) is 2.48. The standard InChI is InChI=1S/C8H17N3/c1-4-5-6-8(9)11-7(2)10-3/h4-6H2,1-3H3,(H2,9,10,11). The van der Waals surface area contributed by atoms with Gasteiger partial charge >= 0.3 is 0 Å². The summed E-state index contributed by atoms with van der Waals surface area (Å²) < 4.78 is 0. The van der Waals surface area contributed by atoms with E-state index in [1.54, 1.807) is 7.05 Å². The number of hydrogen-bond donors (Lipinski definition) is 1. The largest absolute Gasteiger partial charge is 0.387 e. The second-order valence-electron chi connectivity index (χ2n) is 2.48. The molecule has 0 heterocycles. The van der Waals surface area contributed by atoms with Crippen molar-refractivity contribution in [3.8, 4) is 0 Å². The third-order valence-electron chi connectivity index (χ3n) is 1.42. The predicted octanol–water partition coefficient (Wildman–Crippen LogP) is 1.58. The molecule has 0 aromatic carbocycles. The van der Waals surface area contributed by atoms with Crippen LogP contribution in [0.3, 0.4) is 0 Å². The highest BCUT2D eigenvalue weighted by molar-refractivity contribution is 5.94. The van der Waals surface area contributed by atoms with Crippen molar-refractivity contribution in [2.45, 2.75) is 33.1 Å². The Morgan fingerprint density at radius 2 is 2.09 bits per heavy atom. The Balaban J connectivity index is 3.80. The van der Waals surface area contributed by atoms with Gasteiger partial charge in [-0.15, -0.1) is 0 Å². The molecule has 0 saturated carbocycles. The van der Waals surface area contributed by atoms with Crippen LogP contribution >= 0.6 is 0 Å². The molecule has 0 amide bonds. The van der Waals surface area contributed by atoms with Crippen LogP contribution in [0.2, 0.25) is 0 Å². The van der Waals surface area contributed by atoms with E-state index in [-0.39, 0.29) is 0 Å². The van der Waals surface area contributed by atoms with Crippen molar-refractivity contribution in [2.75, 3.05) is 7.05 Å². The van der Waals surface area contributed by atoms with Crippen LogP contribution in [-0.4, -0.2) is 18.7 Å². The number of amidine groups is 2. The van der Waals surface area contributed by atoms with Gasteiger partial charge in [-0.25, -0.2) is 4.99 Å². The lowest BCUT2D eigenvalue weighted by Gasteiger charge is -1.97. The molecule has 0 atom stereocenters. The third kappa shape index (κ3) is 5.58. The maximum Gasteiger partial charge on any atom is 0.121 e. The summed E-state index contributed by atoms with van der Waals surface area (Å²) in [4.78, 5) is 7.96. The van der Waals surface area contributed by atoms with Gasteiger partial charge in [0.05, 0.1) is 0 Å². The van der Waals surface area contributed by atoms with Gasteiger partial charge in [0.2, 0.25) is 0 Å². The van der Waals surface area contributed by atoms with E-state index in [0.717, 1.165) is 25.1 Å². The first kappa shape index (κ1) is 10.1. The fraction of sp³-hybridized carbons (Fsp3) is 0.750. The van der Waals surface area contributed by atoms with Gasteiger partial charge in [0.25, 0.3) is 0 Å².